The van der Waals surface area contributed by atoms with E-state index in [1.54, 1.807) is 0 Å². The quantitative estimate of drug-likeness (QED) is 0.731. The average Bonchev–Trinajstić information content (AvgIpc) is 3.03. The van der Waals surface area contributed by atoms with Crippen molar-refractivity contribution in [1.29, 1.82) is 0 Å². The Balaban J connectivity index is 1.64. The van der Waals surface area contributed by atoms with Crippen molar-refractivity contribution in [3.63, 3.8) is 0 Å². The van der Waals surface area contributed by atoms with Gasteiger partial charge in [0.05, 0.1) is 5.75 Å². The molecule has 0 saturated carbocycles. The van der Waals surface area contributed by atoms with E-state index in [9.17, 15) is 4.79 Å². The van der Waals surface area contributed by atoms with Crippen LogP contribution in [-0.2, 0) is 4.79 Å². The number of anilines is 1. The summed E-state index contributed by atoms with van der Waals surface area (Å²) in [5, 5.41) is 10.3. The summed E-state index contributed by atoms with van der Waals surface area (Å²) in [7, 11) is 0. The molecule has 0 atom stereocenters. The van der Waals surface area contributed by atoms with Gasteiger partial charge in [-0.25, -0.2) is 4.63 Å². The van der Waals surface area contributed by atoms with Crippen molar-refractivity contribution >= 4 is 23.5 Å². The summed E-state index contributed by atoms with van der Waals surface area (Å²) in [6, 6.07) is 19.2. The monoisotopic (exact) mass is 311 g/mol. The number of nitrogens with one attached hydrogen (secondary N) is 1. The lowest BCUT2D eigenvalue weighted by Gasteiger charge is -2.03. The van der Waals surface area contributed by atoms with Gasteiger partial charge in [0.15, 0.2) is 5.69 Å². The molecule has 110 valence electrons. The maximum absolute atomic E-state index is 12.0. The Bertz CT molecular complexity index is 744. The molecule has 5 nitrogen and oxygen atoms in total. The van der Waals surface area contributed by atoms with Crippen LogP contribution in [0.3, 0.4) is 0 Å². The molecule has 0 radical (unpaired) electrons. The van der Waals surface area contributed by atoms with E-state index in [0.29, 0.717) is 17.3 Å². The van der Waals surface area contributed by atoms with Gasteiger partial charge < -0.3 is 5.32 Å². The van der Waals surface area contributed by atoms with E-state index in [0.717, 1.165) is 10.5 Å². The highest BCUT2D eigenvalue weighted by Crippen LogP contribution is 2.24. The number of thioether (sulfide) groups is 1. The van der Waals surface area contributed by atoms with Crippen molar-refractivity contribution in [2.75, 3.05) is 11.1 Å². The lowest BCUT2D eigenvalue weighted by Crippen LogP contribution is -2.14. The summed E-state index contributed by atoms with van der Waals surface area (Å²) < 4.78 is 4.74. The Kier molecular flexibility index (Phi) is 4.50. The van der Waals surface area contributed by atoms with Crippen LogP contribution in [0.4, 0.5) is 5.82 Å². The maximum Gasteiger partial charge on any atom is 0.236 e. The molecule has 1 amide bonds. The third kappa shape index (κ3) is 3.53. The van der Waals surface area contributed by atoms with Gasteiger partial charge in [-0.05, 0) is 22.4 Å². The van der Waals surface area contributed by atoms with Gasteiger partial charge in [-0.1, -0.05) is 48.5 Å². The molecular formula is C16H13N3O2S. The number of benzene rings is 2. The molecule has 1 N–H and O–H groups in total. The zero-order valence-corrected chi connectivity index (χ0v) is 12.4. The second kappa shape index (κ2) is 6.91. The predicted molar refractivity (Wildman–Crippen MR) is 85.5 cm³/mol. The van der Waals surface area contributed by atoms with E-state index in [2.05, 4.69) is 15.6 Å². The smallest absolute Gasteiger partial charge is 0.236 e. The molecule has 3 rings (SSSR count). The normalized spacial score (nSPS) is 10.4. The van der Waals surface area contributed by atoms with Crippen LogP contribution in [0, 0.1) is 0 Å². The molecule has 0 unspecified atom stereocenters. The molecule has 1 heterocycles. The van der Waals surface area contributed by atoms with Crippen molar-refractivity contribution in [2.45, 2.75) is 4.90 Å². The van der Waals surface area contributed by atoms with Gasteiger partial charge in [-0.15, -0.1) is 11.8 Å². The van der Waals surface area contributed by atoms with E-state index < -0.39 is 0 Å². The van der Waals surface area contributed by atoms with Crippen LogP contribution in [0.2, 0.25) is 0 Å². The molecule has 0 aliphatic carbocycles. The molecule has 0 spiro atoms. The lowest BCUT2D eigenvalue weighted by atomic mass is 10.1. The van der Waals surface area contributed by atoms with Crippen LogP contribution in [0.25, 0.3) is 11.3 Å². The summed E-state index contributed by atoms with van der Waals surface area (Å²) in [5.74, 6) is 0.483. The van der Waals surface area contributed by atoms with Crippen LogP contribution >= 0.6 is 11.8 Å². The van der Waals surface area contributed by atoms with Crippen LogP contribution in [0.5, 0.6) is 0 Å². The number of carbonyl (C=O) groups excluding carboxylic acids is 1. The fourth-order valence-electron chi connectivity index (χ4n) is 1.89. The first-order valence-electron chi connectivity index (χ1n) is 6.68. The summed E-state index contributed by atoms with van der Waals surface area (Å²) >= 11 is 1.46. The molecule has 0 aliphatic heterocycles. The van der Waals surface area contributed by atoms with E-state index in [1.807, 2.05) is 60.7 Å². The van der Waals surface area contributed by atoms with Crippen LogP contribution in [0.1, 0.15) is 0 Å². The number of hydrogen-bond acceptors (Lipinski definition) is 5. The molecule has 0 fully saturated rings. The van der Waals surface area contributed by atoms with Crippen molar-refractivity contribution in [3.05, 3.63) is 60.7 Å². The minimum atomic E-state index is -0.151. The van der Waals surface area contributed by atoms with Gasteiger partial charge in [0.2, 0.25) is 11.7 Å². The van der Waals surface area contributed by atoms with Gasteiger partial charge in [0, 0.05) is 10.5 Å². The molecule has 0 aliphatic rings. The number of rotatable bonds is 5. The van der Waals surface area contributed by atoms with Crippen molar-refractivity contribution < 1.29 is 9.42 Å². The second-order valence-corrected chi connectivity index (χ2v) is 5.53. The van der Waals surface area contributed by atoms with Gasteiger partial charge in [-0.2, -0.15) is 0 Å². The SMILES string of the molecule is O=C(CSc1ccccc1)Nc1nonc1-c1ccccc1. The van der Waals surface area contributed by atoms with Crippen molar-refractivity contribution in [1.82, 2.24) is 10.3 Å². The first kappa shape index (κ1) is 14.3. The largest absolute Gasteiger partial charge is 0.305 e. The molecule has 0 saturated heterocycles. The number of hydrogen-bond donors (Lipinski definition) is 1. The Labute approximate surface area is 131 Å². The third-order valence-electron chi connectivity index (χ3n) is 2.91. The summed E-state index contributed by atoms with van der Waals surface area (Å²) in [6.07, 6.45) is 0. The lowest BCUT2D eigenvalue weighted by molar-refractivity contribution is -0.113. The first-order chi connectivity index (χ1) is 10.8. The Morgan fingerprint density at radius 2 is 1.68 bits per heavy atom. The van der Waals surface area contributed by atoms with Crippen LogP contribution in [-0.4, -0.2) is 22.0 Å². The molecular weight excluding hydrogens is 298 g/mol. The van der Waals surface area contributed by atoms with E-state index in [4.69, 9.17) is 4.63 Å². The Hall–Kier alpha value is -2.60. The third-order valence-corrected chi connectivity index (χ3v) is 3.92. The Morgan fingerprint density at radius 3 is 2.41 bits per heavy atom. The number of amides is 1. The van der Waals surface area contributed by atoms with Crippen LogP contribution < -0.4 is 5.32 Å². The number of carbonyl (C=O) groups is 1. The predicted octanol–water partition coefficient (Wildman–Crippen LogP) is 3.47. The fraction of sp³-hybridized carbons (Fsp3) is 0.0625. The molecule has 6 heteroatoms. The highest BCUT2D eigenvalue weighted by atomic mass is 32.2. The highest BCUT2D eigenvalue weighted by molar-refractivity contribution is 8.00. The minimum Gasteiger partial charge on any atom is -0.305 e. The van der Waals surface area contributed by atoms with Crippen molar-refractivity contribution in [2.24, 2.45) is 0 Å². The topological polar surface area (TPSA) is 68.0 Å². The molecule has 0 bridgehead atoms. The standard InChI is InChI=1S/C16H13N3O2S/c20-14(11-22-13-9-5-2-6-10-13)17-16-15(18-21-19-16)12-7-3-1-4-8-12/h1-10H,11H2,(H,17,19,20). The van der Waals surface area contributed by atoms with E-state index >= 15 is 0 Å². The highest BCUT2D eigenvalue weighted by Gasteiger charge is 2.14. The summed E-state index contributed by atoms with van der Waals surface area (Å²) in [5.41, 5.74) is 1.37. The average molecular weight is 311 g/mol. The minimum absolute atomic E-state index is 0.151. The van der Waals surface area contributed by atoms with E-state index in [1.165, 1.54) is 11.8 Å². The summed E-state index contributed by atoms with van der Waals surface area (Å²) in [6.45, 7) is 0. The van der Waals surface area contributed by atoms with Crippen molar-refractivity contribution in [3.8, 4) is 11.3 Å². The van der Waals surface area contributed by atoms with Gasteiger partial charge >= 0.3 is 0 Å². The van der Waals surface area contributed by atoms with E-state index in [-0.39, 0.29) is 5.91 Å². The van der Waals surface area contributed by atoms with Crippen LogP contribution in [0.15, 0.2) is 70.2 Å². The molecule has 1 aromatic heterocycles. The summed E-state index contributed by atoms with van der Waals surface area (Å²) in [4.78, 5) is 13.1. The molecule has 3 aromatic rings. The number of aromatic nitrogens is 2. The fourth-order valence-corrected chi connectivity index (χ4v) is 2.61. The number of nitrogens with zero attached hydrogens (tertiary/aromatic N) is 2. The zero-order valence-electron chi connectivity index (χ0n) is 11.6. The van der Waals surface area contributed by atoms with Gasteiger partial charge in [0.25, 0.3) is 0 Å². The maximum atomic E-state index is 12.0. The van der Waals surface area contributed by atoms with Gasteiger partial charge in [-0.3, -0.25) is 4.79 Å². The van der Waals surface area contributed by atoms with Gasteiger partial charge in [0.1, 0.15) is 0 Å². The first-order valence-corrected chi connectivity index (χ1v) is 7.67. The second-order valence-electron chi connectivity index (χ2n) is 4.48. The Morgan fingerprint density at radius 1 is 1.00 bits per heavy atom. The zero-order chi connectivity index (χ0) is 15.2. The molecule has 2 aromatic carbocycles. The molecule has 22 heavy (non-hydrogen) atoms.